The van der Waals surface area contributed by atoms with E-state index in [1.807, 2.05) is 0 Å². The van der Waals surface area contributed by atoms with Gasteiger partial charge < -0.3 is 14.9 Å². The number of nitrogens with zero attached hydrogens (tertiary/aromatic N) is 1. The van der Waals surface area contributed by atoms with Crippen LogP contribution in [0, 0.1) is 52.3 Å². The molecule has 0 aromatic rings. The molecule has 0 aromatic heterocycles. The van der Waals surface area contributed by atoms with Crippen LogP contribution in [-0.2, 0) is 19.6 Å². The minimum absolute atomic E-state index is 0.106. The predicted molar refractivity (Wildman–Crippen MR) is 149 cm³/mol. The second kappa shape index (κ2) is 11.2. The quantitative estimate of drug-likeness (QED) is 0.437. The number of aliphatic hydroxyl groups excluding tert-OH is 2. The Morgan fingerprint density at radius 3 is 2.28 bits per heavy atom. The molecule has 4 saturated carbocycles. The summed E-state index contributed by atoms with van der Waals surface area (Å²) < 4.78 is 29.8. The number of amides is 1. The molecule has 8 nitrogen and oxygen atoms in total. The zero-order valence-corrected chi connectivity index (χ0v) is 25.6. The lowest BCUT2D eigenvalue weighted by molar-refractivity contribution is -0.203. The summed E-state index contributed by atoms with van der Waals surface area (Å²) in [6, 6.07) is 0. The van der Waals surface area contributed by atoms with Crippen molar-refractivity contribution >= 4 is 21.9 Å². The highest BCUT2D eigenvalue weighted by molar-refractivity contribution is 7.88. The van der Waals surface area contributed by atoms with Crippen LogP contribution in [0.1, 0.15) is 92.4 Å². The molecular weight excluding hydrogens is 518 g/mol. The van der Waals surface area contributed by atoms with E-state index in [1.165, 1.54) is 6.92 Å². The van der Waals surface area contributed by atoms with Crippen LogP contribution in [0.4, 0.5) is 4.79 Å². The normalized spacial score (nSPS) is 42.6. The Kier molecular flexibility index (Phi) is 8.86. The zero-order valence-electron chi connectivity index (χ0n) is 24.8. The topological polar surface area (TPSA) is 121 Å². The van der Waals surface area contributed by atoms with Crippen molar-refractivity contribution in [1.82, 2.24) is 4.31 Å². The molecule has 0 aliphatic heterocycles. The van der Waals surface area contributed by atoms with Gasteiger partial charge in [0.1, 0.15) is 0 Å². The molecule has 0 aromatic carbocycles. The van der Waals surface area contributed by atoms with Crippen LogP contribution >= 0.6 is 0 Å². The number of ketones is 1. The highest BCUT2D eigenvalue weighted by Gasteiger charge is 2.64. The van der Waals surface area contributed by atoms with E-state index in [0.29, 0.717) is 34.4 Å². The van der Waals surface area contributed by atoms with Crippen LogP contribution < -0.4 is 0 Å². The van der Waals surface area contributed by atoms with Gasteiger partial charge in [-0.15, -0.1) is 0 Å². The molecule has 11 atom stereocenters. The number of Topliss-reactive ketones (excluding diaryl/α,β-unsaturated/α-hetero) is 1. The van der Waals surface area contributed by atoms with Crippen LogP contribution in [0.3, 0.4) is 0 Å². The van der Waals surface area contributed by atoms with E-state index >= 15 is 0 Å². The second-order valence-corrected chi connectivity index (χ2v) is 15.9. The fraction of sp³-hybridized carbons (Fsp3) is 0.933. The SMILES string of the molecule is CC[C@H]1[C@@H](O)[C@@H]2[C@H](CC[C@]3(C)[C@@H]([C@H](C)CCOC(=O)N(CC(C)=O)S(C)(=O)=O)CC[C@@H]23)[C@@]2(C)CC[C@@H](O)C[C@@H]12. The fourth-order valence-electron chi connectivity index (χ4n) is 10.1. The summed E-state index contributed by atoms with van der Waals surface area (Å²) >= 11 is 0. The number of rotatable bonds is 8. The van der Waals surface area contributed by atoms with Crippen LogP contribution in [0.5, 0.6) is 0 Å². The number of fused-ring (bicyclic) bond motifs is 5. The Labute approximate surface area is 235 Å². The van der Waals surface area contributed by atoms with Crippen molar-refractivity contribution in [3.8, 4) is 0 Å². The van der Waals surface area contributed by atoms with Gasteiger partial charge in [0, 0.05) is 0 Å². The van der Waals surface area contributed by atoms with E-state index in [1.54, 1.807) is 0 Å². The third-order valence-corrected chi connectivity index (χ3v) is 13.0. The number of aliphatic hydroxyl groups is 2. The van der Waals surface area contributed by atoms with Crippen molar-refractivity contribution in [1.29, 1.82) is 0 Å². The molecule has 224 valence electrons. The van der Waals surface area contributed by atoms with E-state index in [2.05, 4.69) is 27.7 Å². The first-order valence-corrected chi connectivity index (χ1v) is 17.0. The van der Waals surface area contributed by atoms with E-state index in [0.717, 1.165) is 57.6 Å². The molecule has 0 radical (unpaired) electrons. The standard InChI is InChI=1S/C30H51NO7S/c1-7-21-25-16-20(33)10-13-30(25,5)24-11-14-29(4)22(8-9-23(29)26(24)27(21)34)18(2)12-15-38-28(35)31(17-19(3)32)39(6,36)37/h18,20-27,33-34H,7-17H2,1-6H3/t18-,20-,21-,22-,23+,24+,25+,26+,27-,29-,30-/m1/s1. The van der Waals surface area contributed by atoms with Crippen LogP contribution in [0.15, 0.2) is 0 Å². The first kappa shape index (κ1) is 30.8. The third-order valence-electron chi connectivity index (χ3n) is 11.9. The Hall–Kier alpha value is -1.19. The molecule has 39 heavy (non-hydrogen) atoms. The van der Waals surface area contributed by atoms with Crippen molar-refractivity contribution in [2.75, 3.05) is 19.4 Å². The molecule has 0 saturated heterocycles. The van der Waals surface area contributed by atoms with Crippen LogP contribution in [0.2, 0.25) is 0 Å². The van der Waals surface area contributed by atoms with Crippen molar-refractivity contribution < 1.29 is 33.0 Å². The monoisotopic (exact) mass is 569 g/mol. The first-order chi connectivity index (χ1) is 18.1. The average Bonchev–Trinajstić information content (AvgIpc) is 3.20. The molecule has 0 unspecified atom stereocenters. The van der Waals surface area contributed by atoms with Gasteiger partial charge in [0.05, 0.1) is 31.6 Å². The van der Waals surface area contributed by atoms with E-state index in [-0.39, 0.29) is 47.4 Å². The van der Waals surface area contributed by atoms with Crippen molar-refractivity contribution in [3.05, 3.63) is 0 Å². The minimum Gasteiger partial charge on any atom is -0.449 e. The van der Waals surface area contributed by atoms with Crippen molar-refractivity contribution in [2.24, 2.45) is 52.3 Å². The molecule has 4 aliphatic rings. The number of hydrogen-bond acceptors (Lipinski definition) is 7. The van der Waals surface area contributed by atoms with Gasteiger partial charge in [0.2, 0.25) is 10.0 Å². The van der Waals surface area contributed by atoms with Gasteiger partial charge >= 0.3 is 6.09 Å². The number of hydrogen-bond donors (Lipinski definition) is 2. The van der Waals surface area contributed by atoms with Gasteiger partial charge in [-0.1, -0.05) is 34.1 Å². The summed E-state index contributed by atoms with van der Waals surface area (Å²) in [5.41, 5.74) is 0.281. The van der Waals surface area contributed by atoms with Gasteiger partial charge in [-0.3, -0.25) is 4.79 Å². The van der Waals surface area contributed by atoms with Gasteiger partial charge in [-0.25, -0.2) is 13.2 Å². The number of ether oxygens (including phenoxy) is 1. The summed E-state index contributed by atoms with van der Waals surface area (Å²) in [4.78, 5) is 23.9. The van der Waals surface area contributed by atoms with Gasteiger partial charge in [-0.05, 0) is 111 Å². The van der Waals surface area contributed by atoms with Gasteiger partial charge in [0.15, 0.2) is 5.78 Å². The molecular formula is C30H51NO7S. The Morgan fingerprint density at radius 1 is 1.03 bits per heavy atom. The predicted octanol–water partition coefficient (Wildman–Crippen LogP) is 4.63. The molecule has 1 amide bonds. The summed E-state index contributed by atoms with van der Waals surface area (Å²) in [6.45, 7) is 10.1. The Morgan fingerprint density at radius 2 is 1.67 bits per heavy atom. The Bertz CT molecular complexity index is 1030. The number of carbonyl (C=O) groups excluding carboxylic acids is 2. The molecule has 4 fully saturated rings. The molecule has 0 bridgehead atoms. The highest BCUT2D eigenvalue weighted by atomic mass is 32.2. The van der Waals surface area contributed by atoms with E-state index < -0.39 is 28.4 Å². The summed E-state index contributed by atoms with van der Waals surface area (Å²) in [6.07, 6.45) is 8.07. The zero-order chi connectivity index (χ0) is 28.9. The lowest BCUT2D eigenvalue weighted by atomic mass is 9.41. The summed E-state index contributed by atoms with van der Waals surface area (Å²) in [5, 5.41) is 22.4. The Balaban J connectivity index is 1.45. The molecule has 2 N–H and O–H groups in total. The van der Waals surface area contributed by atoms with Crippen molar-refractivity contribution in [2.45, 2.75) is 105 Å². The van der Waals surface area contributed by atoms with E-state index in [4.69, 9.17) is 4.74 Å². The molecule has 9 heteroatoms. The third kappa shape index (κ3) is 5.53. The number of carbonyl (C=O) groups is 2. The largest absolute Gasteiger partial charge is 0.449 e. The smallest absolute Gasteiger partial charge is 0.423 e. The summed E-state index contributed by atoms with van der Waals surface area (Å²) in [7, 11) is -3.89. The first-order valence-electron chi connectivity index (χ1n) is 15.1. The molecule has 0 spiro atoms. The fourth-order valence-corrected chi connectivity index (χ4v) is 10.8. The molecule has 0 heterocycles. The minimum atomic E-state index is -3.89. The number of sulfonamides is 1. The second-order valence-electron chi connectivity index (χ2n) is 14.0. The maximum atomic E-state index is 12.5. The highest BCUT2D eigenvalue weighted by Crippen LogP contribution is 2.69. The van der Waals surface area contributed by atoms with Crippen LogP contribution in [0.25, 0.3) is 0 Å². The lowest BCUT2D eigenvalue weighted by Crippen LogP contribution is -2.62. The maximum Gasteiger partial charge on any atom is 0.423 e. The van der Waals surface area contributed by atoms with Crippen molar-refractivity contribution in [3.63, 3.8) is 0 Å². The van der Waals surface area contributed by atoms with Crippen LogP contribution in [-0.4, -0.2) is 66.4 Å². The average molecular weight is 570 g/mol. The van der Waals surface area contributed by atoms with E-state index in [9.17, 15) is 28.2 Å². The maximum absolute atomic E-state index is 12.5. The summed E-state index contributed by atoms with van der Waals surface area (Å²) in [5.74, 6) is 2.14. The van der Waals surface area contributed by atoms with Gasteiger partial charge in [0.25, 0.3) is 0 Å². The lowest BCUT2D eigenvalue weighted by Gasteiger charge is -2.64. The molecule has 4 rings (SSSR count). The van der Waals surface area contributed by atoms with Gasteiger partial charge in [-0.2, -0.15) is 4.31 Å². The molecule has 4 aliphatic carbocycles.